The fourth-order valence-corrected chi connectivity index (χ4v) is 4.11. The molecule has 0 amide bonds. The molecule has 21 heavy (non-hydrogen) atoms. The van der Waals surface area contributed by atoms with E-state index in [0.717, 1.165) is 41.7 Å². The lowest BCUT2D eigenvalue weighted by molar-refractivity contribution is -0.0945. The number of fused-ring (bicyclic) bond motifs is 1. The van der Waals surface area contributed by atoms with Crippen LogP contribution in [-0.2, 0) is 10.3 Å². The van der Waals surface area contributed by atoms with E-state index in [1.54, 1.807) is 11.3 Å². The van der Waals surface area contributed by atoms with Gasteiger partial charge in [-0.2, -0.15) is 0 Å². The molecule has 0 aromatic carbocycles. The van der Waals surface area contributed by atoms with E-state index < -0.39 is 0 Å². The molecule has 0 bridgehead atoms. The molecule has 2 heterocycles. The van der Waals surface area contributed by atoms with Gasteiger partial charge in [0, 0.05) is 12.0 Å². The van der Waals surface area contributed by atoms with Crippen molar-refractivity contribution < 1.29 is 4.74 Å². The van der Waals surface area contributed by atoms with Crippen LogP contribution in [0.15, 0.2) is 11.4 Å². The average Bonchev–Trinajstić information content (AvgIpc) is 2.91. The summed E-state index contributed by atoms with van der Waals surface area (Å²) in [6, 6.07) is 1.98. The molecule has 1 aliphatic carbocycles. The number of hydrogen-bond acceptors (Lipinski definition) is 4. The second kappa shape index (κ2) is 5.49. The molecule has 3 rings (SSSR count). The van der Waals surface area contributed by atoms with E-state index in [2.05, 4.69) is 18.8 Å². The standard InChI is InChI=1S/C16H21ClN2OS/c1-4-20-16(8-6-15(2,3)7-9-16)14-18-12(17)11-5-10-21-13(11)19-14/h5,10H,4,6-9H2,1-3H3. The highest BCUT2D eigenvalue weighted by Crippen LogP contribution is 2.47. The maximum Gasteiger partial charge on any atom is 0.163 e. The smallest absolute Gasteiger partial charge is 0.163 e. The zero-order valence-corrected chi connectivity index (χ0v) is 14.4. The van der Waals surface area contributed by atoms with Crippen LogP contribution < -0.4 is 0 Å². The lowest BCUT2D eigenvalue weighted by Crippen LogP contribution is -2.38. The fraction of sp³-hybridized carbons (Fsp3) is 0.625. The molecule has 2 aromatic rings. The van der Waals surface area contributed by atoms with Gasteiger partial charge in [-0.15, -0.1) is 11.3 Å². The number of halogens is 1. The van der Waals surface area contributed by atoms with Crippen LogP contribution in [0.3, 0.4) is 0 Å². The minimum Gasteiger partial charge on any atom is -0.367 e. The third kappa shape index (κ3) is 2.81. The van der Waals surface area contributed by atoms with Crippen molar-refractivity contribution in [3.63, 3.8) is 0 Å². The quantitative estimate of drug-likeness (QED) is 0.730. The fourth-order valence-electron chi connectivity index (χ4n) is 3.06. The number of nitrogens with zero attached hydrogens (tertiary/aromatic N) is 2. The summed E-state index contributed by atoms with van der Waals surface area (Å²) >= 11 is 7.95. The Kier molecular flexibility index (Phi) is 3.97. The van der Waals surface area contributed by atoms with Crippen molar-refractivity contribution in [2.75, 3.05) is 6.61 Å². The van der Waals surface area contributed by atoms with Crippen molar-refractivity contribution in [3.05, 3.63) is 22.4 Å². The Morgan fingerprint density at radius 1 is 1.24 bits per heavy atom. The van der Waals surface area contributed by atoms with Gasteiger partial charge in [0.1, 0.15) is 15.6 Å². The summed E-state index contributed by atoms with van der Waals surface area (Å²) in [6.45, 7) is 7.34. The van der Waals surface area contributed by atoms with Crippen LogP contribution in [0, 0.1) is 5.41 Å². The van der Waals surface area contributed by atoms with Gasteiger partial charge < -0.3 is 4.74 Å². The van der Waals surface area contributed by atoms with Crippen LogP contribution in [0.5, 0.6) is 0 Å². The van der Waals surface area contributed by atoms with Crippen LogP contribution in [0.25, 0.3) is 10.2 Å². The number of ether oxygens (including phenoxy) is 1. The first-order chi connectivity index (χ1) is 9.96. The van der Waals surface area contributed by atoms with Crippen LogP contribution in [0.4, 0.5) is 0 Å². The summed E-state index contributed by atoms with van der Waals surface area (Å²) in [5.74, 6) is 0.764. The molecule has 2 aromatic heterocycles. The maximum absolute atomic E-state index is 6.34. The van der Waals surface area contributed by atoms with Gasteiger partial charge in [0.2, 0.25) is 0 Å². The summed E-state index contributed by atoms with van der Waals surface area (Å²) in [7, 11) is 0. The highest BCUT2D eigenvalue weighted by Gasteiger charge is 2.43. The first-order valence-corrected chi connectivity index (χ1v) is 8.77. The van der Waals surface area contributed by atoms with Crippen LogP contribution in [0.2, 0.25) is 5.15 Å². The number of rotatable bonds is 3. The van der Waals surface area contributed by atoms with Crippen molar-refractivity contribution in [2.45, 2.75) is 52.1 Å². The molecule has 1 aliphatic rings. The lowest BCUT2D eigenvalue weighted by atomic mass is 9.70. The van der Waals surface area contributed by atoms with Crippen LogP contribution >= 0.6 is 22.9 Å². The van der Waals surface area contributed by atoms with Gasteiger partial charge in [-0.3, -0.25) is 0 Å². The zero-order chi connectivity index (χ0) is 15.1. The van der Waals surface area contributed by atoms with E-state index in [4.69, 9.17) is 21.3 Å². The number of thiophene rings is 1. The van der Waals surface area contributed by atoms with E-state index in [-0.39, 0.29) is 5.60 Å². The Morgan fingerprint density at radius 3 is 2.62 bits per heavy atom. The Labute approximate surface area is 134 Å². The van der Waals surface area contributed by atoms with Gasteiger partial charge in [-0.05, 0) is 49.5 Å². The van der Waals surface area contributed by atoms with Gasteiger partial charge in [-0.25, -0.2) is 9.97 Å². The SMILES string of the molecule is CCOC1(c2nc(Cl)c3ccsc3n2)CCC(C)(C)CC1. The van der Waals surface area contributed by atoms with Gasteiger partial charge in [0.05, 0.1) is 0 Å². The van der Waals surface area contributed by atoms with Crippen molar-refractivity contribution in [1.82, 2.24) is 9.97 Å². The monoisotopic (exact) mass is 324 g/mol. The minimum atomic E-state index is -0.369. The molecule has 1 saturated carbocycles. The molecule has 0 unspecified atom stereocenters. The molecule has 5 heteroatoms. The van der Waals surface area contributed by atoms with E-state index in [1.807, 2.05) is 18.4 Å². The Balaban J connectivity index is 2.03. The highest BCUT2D eigenvalue weighted by atomic mass is 35.5. The summed E-state index contributed by atoms with van der Waals surface area (Å²) in [5.41, 5.74) is 0.00349. The van der Waals surface area contributed by atoms with Gasteiger partial charge in [0.15, 0.2) is 5.82 Å². The Morgan fingerprint density at radius 2 is 1.95 bits per heavy atom. The van der Waals surface area contributed by atoms with E-state index >= 15 is 0 Å². The zero-order valence-electron chi connectivity index (χ0n) is 12.8. The Hall–Kier alpha value is -0.710. The largest absolute Gasteiger partial charge is 0.367 e. The third-order valence-electron chi connectivity index (χ3n) is 4.52. The van der Waals surface area contributed by atoms with Crippen molar-refractivity contribution in [3.8, 4) is 0 Å². The van der Waals surface area contributed by atoms with Gasteiger partial charge >= 0.3 is 0 Å². The van der Waals surface area contributed by atoms with Crippen LogP contribution in [0.1, 0.15) is 52.3 Å². The first kappa shape index (κ1) is 15.2. The van der Waals surface area contributed by atoms with Gasteiger partial charge in [0.25, 0.3) is 0 Å². The van der Waals surface area contributed by atoms with Gasteiger partial charge in [-0.1, -0.05) is 25.4 Å². The second-order valence-corrected chi connectivity index (χ2v) is 7.82. The second-order valence-electron chi connectivity index (χ2n) is 6.57. The minimum absolute atomic E-state index is 0.369. The van der Waals surface area contributed by atoms with E-state index in [1.165, 1.54) is 0 Å². The molecule has 114 valence electrons. The van der Waals surface area contributed by atoms with Crippen molar-refractivity contribution in [2.24, 2.45) is 5.41 Å². The highest BCUT2D eigenvalue weighted by molar-refractivity contribution is 7.16. The molecule has 0 N–H and O–H groups in total. The van der Waals surface area contributed by atoms with E-state index in [0.29, 0.717) is 17.2 Å². The molecule has 0 aliphatic heterocycles. The summed E-state index contributed by atoms with van der Waals surface area (Å²) in [6.07, 6.45) is 4.16. The molecular weight excluding hydrogens is 304 g/mol. The van der Waals surface area contributed by atoms with Crippen LogP contribution in [-0.4, -0.2) is 16.6 Å². The molecule has 1 fully saturated rings. The molecule has 0 atom stereocenters. The third-order valence-corrected chi connectivity index (χ3v) is 5.61. The molecule has 0 radical (unpaired) electrons. The predicted molar refractivity (Wildman–Crippen MR) is 88.0 cm³/mol. The molecule has 0 spiro atoms. The lowest BCUT2D eigenvalue weighted by Gasteiger charge is -2.42. The molecule has 0 saturated heterocycles. The maximum atomic E-state index is 6.34. The van der Waals surface area contributed by atoms with E-state index in [9.17, 15) is 0 Å². The summed E-state index contributed by atoms with van der Waals surface area (Å²) < 4.78 is 6.15. The molecule has 3 nitrogen and oxygen atoms in total. The van der Waals surface area contributed by atoms with Crippen molar-refractivity contribution >= 4 is 33.2 Å². The summed E-state index contributed by atoms with van der Waals surface area (Å²) in [5, 5.41) is 3.49. The number of hydrogen-bond donors (Lipinski definition) is 0. The average molecular weight is 325 g/mol. The summed E-state index contributed by atoms with van der Waals surface area (Å²) in [4.78, 5) is 10.3. The number of aromatic nitrogens is 2. The predicted octanol–water partition coefficient (Wildman–Crippen LogP) is 5.18. The van der Waals surface area contributed by atoms with Crippen molar-refractivity contribution in [1.29, 1.82) is 0 Å². The Bertz CT molecular complexity index is 643. The first-order valence-electron chi connectivity index (χ1n) is 7.51. The topological polar surface area (TPSA) is 35.0 Å². The molecular formula is C16H21ClN2OS. The normalized spacial score (nSPS) is 20.8.